The van der Waals surface area contributed by atoms with Crippen molar-refractivity contribution < 1.29 is 4.79 Å². The van der Waals surface area contributed by atoms with E-state index in [9.17, 15) is 4.79 Å². The van der Waals surface area contributed by atoms with Gasteiger partial charge in [0, 0.05) is 31.6 Å². The average Bonchev–Trinajstić information content (AvgIpc) is 3.42. The molecule has 0 bridgehead atoms. The van der Waals surface area contributed by atoms with Crippen LogP contribution in [0.1, 0.15) is 45.7 Å². The molecule has 0 saturated carbocycles. The second-order valence-corrected chi connectivity index (χ2v) is 8.03. The summed E-state index contributed by atoms with van der Waals surface area (Å²) in [7, 11) is 0. The summed E-state index contributed by atoms with van der Waals surface area (Å²) < 4.78 is 1.64. The Bertz CT molecular complexity index is 599. The molecule has 4 rings (SSSR count). The first-order valence-corrected chi connectivity index (χ1v) is 9.65. The lowest BCUT2D eigenvalue weighted by atomic mass is 9.85. The van der Waals surface area contributed by atoms with Crippen LogP contribution in [0.5, 0.6) is 0 Å². The fourth-order valence-electron chi connectivity index (χ4n) is 4.28. The second kappa shape index (κ2) is 7.55. The molecule has 1 aromatic rings. The molecule has 4 heterocycles. The summed E-state index contributed by atoms with van der Waals surface area (Å²) in [5, 5.41) is 11.2. The van der Waals surface area contributed by atoms with E-state index in [1.807, 2.05) is 4.90 Å². The van der Waals surface area contributed by atoms with Gasteiger partial charge in [-0.05, 0) is 41.5 Å². The molecule has 26 heavy (non-hydrogen) atoms. The van der Waals surface area contributed by atoms with Crippen LogP contribution in [-0.4, -0.2) is 62.2 Å². The van der Waals surface area contributed by atoms with Crippen molar-refractivity contribution in [2.24, 2.45) is 11.8 Å². The van der Waals surface area contributed by atoms with E-state index in [-0.39, 0.29) is 18.1 Å². The number of hydrazine groups is 2. The Kier molecular flexibility index (Phi) is 5.16. The Morgan fingerprint density at radius 1 is 1.12 bits per heavy atom. The zero-order chi connectivity index (χ0) is 18.1. The third-order valence-corrected chi connectivity index (χ3v) is 6.05. The lowest BCUT2D eigenvalue weighted by Gasteiger charge is -2.35. The first-order chi connectivity index (χ1) is 12.6. The molecule has 1 aromatic heterocycles. The molecule has 0 aromatic carbocycles. The second-order valence-electron chi connectivity index (χ2n) is 8.03. The number of carbonyl (C=O) groups is 1. The quantitative estimate of drug-likeness (QED) is 0.548. The summed E-state index contributed by atoms with van der Waals surface area (Å²) in [6.07, 6.45) is 5.42. The van der Waals surface area contributed by atoms with E-state index >= 15 is 0 Å². The number of rotatable bonds is 4. The summed E-state index contributed by atoms with van der Waals surface area (Å²) in [5.41, 5.74) is 13.1. The highest BCUT2D eigenvalue weighted by Gasteiger charge is 2.37. The Morgan fingerprint density at radius 2 is 1.92 bits per heavy atom. The number of carbonyl (C=O) groups excluding carboxylic acids is 1. The van der Waals surface area contributed by atoms with Crippen molar-refractivity contribution in [3.8, 4) is 0 Å². The first-order valence-electron chi connectivity index (χ1n) is 9.65. The van der Waals surface area contributed by atoms with Crippen LogP contribution in [-0.2, 0) is 4.79 Å². The van der Waals surface area contributed by atoms with E-state index in [4.69, 9.17) is 0 Å². The van der Waals surface area contributed by atoms with Crippen LogP contribution in [0.3, 0.4) is 0 Å². The maximum absolute atomic E-state index is 12.8. The Balaban J connectivity index is 1.25. The Morgan fingerprint density at radius 3 is 2.58 bits per heavy atom. The molecule has 3 fully saturated rings. The van der Waals surface area contributed by atoms with Crippen LogP contribution in [0.2, 0.25) is 0 Å². The smallest absolute Gasteiger partial charge is 0.241 e. The Hall–Kier alpha value is -1.62. The number of nitrogens with zero attached hydrogens (tertiary/aromatic N) is 5. The minimum Gasteiger partial charge on any atom is -0.341 e. The van der Waals surface area contributed by atoms with Crippen molar-refractivity contribution in [2.45, 2.75) is 63.8 Å². The third-order valence-electron chi connectivity index (χ3n) is 6.05. The predicted octanol–water partition coefficient (Wildman–Crippen LogP) is -0.832. The van der Waals surface area contributed by atoms with E-state index in [2.05, 4.69) is 51.1 Å². The topological polar surface area (TPSA) is 112 Å². The van der Waals surface area contributed by atoms with Crippen LogP contribution in [0.15, 0.2) is 6.33 Å². The molecule has 0 aliphatic carbocycles. The van der Waals surface area contributed by atoms with Gasteiger partial charge in [0.1, 0.15) is 18.5 Å². The summed E-state index contributed by atoms with van der Waals surface area (Å²) in [6.45, 7) is 6.19. The highest BCUT2D eigenvalue weighted by atomic mass is 16.2. The lowest BCUT2D eigenvalue weighted by Crippen LogP contribution is -2.50. The number of likely N-dealkylation sites (tertiary alicyclic amines) is 1. The molecule has 0 radical (unpaired) electrons. The molecular weight excluding hydrogens is 334 g/mol. The summed E-state index contributed by atoms with van der Waals surface area (Å²) >= 11 is 0. The van der Waals surface area contributed by atoms with Crippen molar-refractivity contribution in [1.29, 1.82) is 0 Å². The van der Waals surface area contributed by atoms with Gasteiger partial charge >= 0.3 is 0 Å². The molecule has 10 heteroatoms. The molecule has 4 N–H and O–H groups in total. The first kappa shape index (κ1) is 17.8. The van der Waals surface area contributed by atoms with Crippen molar-refractivity contribution in [1.82, 2.24) is 46.8 Å². The van der Waals surface area contributed by atoms with Gasteiger partial charge < -0.3 is 4.90 Å². The number of piperidine rings is 1. The van der Waals surface area contributed by atoms with Crippen LogP contribution >= 0.6 is 0 Å². The molecule has 0 spiro atoms. The van der Waals surface area contributed by atoms with Gasteiger partial charge in [-0.1, -0.05) is 13.8 Å². The van der Waals surface area contributed by atoms with Gasteiger partial charge in [-0.15, -0.1) is 5.10 Å². The zero-order valence-electron chi connectivity index (χ0n) is 15.4. The number of hydrogen-bond donors (Lipinski definition) is 4. The molecular formula is C16H29N9O. The number of amides is 1. The van der Waals surface area contributed by atoms with Crippen molar-refractivity contribution in [3.05, 3.63) is 6.33 Å². The van der Waals surface area contributed by atoms with E-state index in [0.717, 1.165) is 25.9 Å². The average molecular weight is 363 g/mol. The molecule has 144 valence electrons. The lowest BCUT2D eigenvalue weighted by molar-refractivity contribution is -0.134. The van der Waals surface area contributed by atoms with Gasteiger partial charge in [-0.25, -0.2) is 15.5 Å². The predicted molar refractivity (Wildman–Crippen MR) is 94.1 cm³/mol. The van der Waals surface area contributed by atoms with E-state index in [0.29, 0.717) is 30.3 Å². The van der Waals surface area contributed by atoms with E-state index in [1.54, 1.807) is 11.0 Å². The fraction of sp³-hybridized carbons (Fsp3) is 0.875. The van der Waals surface area contributed by atoms with Crippen molar-refractivity contribution in [2.75, 3.05) is 13.1 Å². The van der Waals surface area contributed by atoms with Crippen molar-refractivity contribution in [3.63, 3.8) is 0 Å². The largest absolute Gasteiger partial charge is 0.341 e. The van der Waals surface area contributed by atoms with Crippen molar-refractivity contribution >= 4 is 5.91 Å². The number of hydrogen-bond acceptors (Lipinski definition) is 8. The molecule has 4 unspecified atom stereocenters. The molecule has 3 saturated heterocycles. The van der Waals surface area contributed by atoms with Gasteiger partial charge in [0.25, 0.3) is 0 Å². The van der Waals surface area contributed by atoms with E-state index < -0.39 is 0 Å². The fourth-order valence-corrected chi connectivity index (χ4v) is 4.28. The normalized spacial score (nSPS) is 33.3. The minimum atomic E-state index is -0.225. The maximum Gasteiger partial charge on any atom is 0.241 e. The van der Waals surface area contributed by atoms with Crippen LogP contribution in [0.4, 0.5) is 0 Å². The van der Waals surface area contributed by atoms with E-state index in [1.165, 1.54) is 6.42 Å². The third kappa shape index (κ3) is 3.59. The van der Waals surface area contributed by atoms with Gasteiger partial charge in [0.15, 0.2) is 0 Å². The molecule has 4 atom stereocenters. The molecule has 3 aliphatic heterocycles. The number of aromatic nitrogens is 4. The Labute approximate surface area is 153 Å². The number of tetrazole rings is 1. The van der Waals surface area contributed by atoms with Crippen LogP contribution < -0.4 is 21.7 Å². The summed E-state index contributed by atoms with van der Waals surface area (Å²) in [6, 6.07) is 0.851. The van der Waals surface area contributed by atoms with Gasteiger partial charge in [0.2, 0.25) is 5.91 Å². The SMILES string of the molecule is CC(C)C1CC(C2CCN(C(=O)C3CC(n4cnnn4)NN3)CC2)NN1. The standard InChI is InChI=1S/C16H29N9O/c1-10(2)12-7-13(19-18-12)11-3-5-24(6-4-11)16(26)14-8-15(21-20-14)25-9-17-22-23-25/h9-15,18-21H,3-8H2,1-2H3. The summed E-state index contributed by atoms with van der Waals surface area (Å²) in [4.78, 5) is 14.8. The summed E-state index contributed by atoms with van der Waals surface area (Å²) in [5.74, 6) is 1.45. The maximum atomic E-state index is 12.8. The van der Waals surface area contributed by atoms with Gasteiger partial charge in [0.05, 0.1) is 0 Å². The molecule has 10 nitrogen and oxygen atoms in total. The highest BCUT2D eigenvalue weighted by Crippen LogP contribution is 2.28. The number of nitrogens with one attached hydrogen (secondary N) is 4. The van der Waals surface area contributed by atoms with Crippen LogP contribution in [0, 0.1) is 11.8 Å². The molecule has 1 amide bonds. The molecule has 3 aliphatic rings. The minimum absolute atomic E-state index is 0.0850. The van der Waals surface area contributed by atoms with Gasteiger partial charge in [-0.2, -0.15) is 0 Å². The van der Waals surface area contributed by atoms with Crippen LogP contribution in [0.25, 0.3) is 0 Å². The highest BCUT2D eigenvalue weighted by molar-refractivity contribution is 5.82. The van der Waals surface area contributed by atoms with Gasteiger partial charge in [-0.3, -0.25) is 15.6 Å². The zero-order valence-corrected chi connectivity index (χ0v) is 15.4. The monoisotopic (exact) mass is 363 g/mol.